The Hall–Kier alpha value is -0.810. The molecule has 0 heterocycles. The molecule has 0 aliphatic heterocycles. The van der Waals surface area contributed by atoms with Crippen LogP contribution in [-0.4, -0.2) is 11.8 Å². The molecular formula is C16H29NO. The molecule has 0 spiro atoms. The van der Waals surface area contributed by atoms with Crippen molar-refractivity contribution >= 4 is 5.78 Å². The molecular weight excluding hydrogens is 222 g/mol. The molecule has 2 heteroatoms. The van der Waals surface area contributed by atoms with E-state index < -0.39 is 6.04 Å². The van der Waals surface area contributed by atoms with Crippen molar-refractivity contribution in [2.75, 3.05) is 0 Å². The summed E-state index contributed by atoms with van der Waals surface area (Å²) in [5, 5.41) is 0. The fourth-order valence-electron chi connectivity index (χ4n) is 2.59. The molecule has 2 atom stereocenters. The van der Waals surface area contributed by atoms with E-state index in [-0.39, 0.29) is 11.2 Å². The summed E-state index contributed by atoms with van der Waals surface area (Å²) in [7, 11) is 0. The van der Waals surface area contributed by atoms with Crippen LogP contribution in [0.3, 0.4) is 0 Å². The van der Waals surface area contributed by atoms with Crippen LogP contribution in [0.1, 0.15) is 72.1 Å². The van der Waals surface area contributed by atoms with Crippen LogP contribution >= 0.6 is 0 Å². The first-order valence-corrected chi connectivity index (χ1v) is 7.23. The van der Waals surface area contributed by atoms with Crippen LogP contribution in [0.4, 0.5) is 0 Å². The standard InChI is InChI=1S/C16H29NO/c1-5-8-9-10-11-13-16(7-3,12-6-2)15(17)14(4)18/h2,15H,5,7-13,17H2,1,3-4H3/t15?,16-/m1/s1. The molecule has 0 aliphatic carbocycles. The van der Waals surface area contributed by atoms with Crippen LogP contribution < -0.4 is 5.73 Å². The fourth-order valence-corrected chi connectivity index (χ4v) is 2.59. The molecule has 0 saturated carbocycles. The van der Waals surface area contributed by atoms with Gasteiger partial charge in [0.15, 0.2) is 0 Å². The summed E-state index contributed by atoms with van der Waals surface area (Å²) in [6, 6.07) is -0.412. The number of terminal acetylenes is 1. The second kappa shape index (κ2) is 9.16. The Bertz CT molecular complexity index is 279. The topological polar surface area (TPSA) is 43.1 Å². The van der Waals surface area contributed by atoms with E-state index in [1.54, 1.807) is 6.92 Å². The third-order valence-electron chi connectivity index (χ3n) is 4.03. The highest BCUT2D eigenvalue weighted by Gasteiger charge is 2.36. The van der Waals surface area contributed by atoms with Gasteiger partial charge in [0, 0.05) is 11.8 Å². The molecule has 18 heavy (non-hydrogen) atoms. The minimum Gasteiger partial charge on any atom is -0.321 e. The van der Waals surface area contributed by atoms with E-state index in [0.717, 1.165) is 19.3 Å². The monoisotopic (exact) mass is 251 g/mol. The Morgan fingerprint density at radius 2 is 1.89 bits per heavy atom. The highest BCUT2D eigenvalue weighted by molar-refractivity contribution is 5.82. The smallest absolute Gasteiger partial charge is 0.147 e. The van der Waals surface area contributed by atoms with Crippen molar-refractivity contribution in [3.63, 3.8) is 0 Å². The normalized spacial score (nSPS) is 15.7. The highest BCUT2D eigenvalue weighted by atomic mass is 16.1. The lowest BCUT2D eigenvalue weighted by molar-refractivity contribution is -0.121. The number of carbonyl (C=O) groups is 1. The predicted molar refractivity (Wildman–Crippen MR) is 78.2 cm³/mol. The van der Waals surface area contributed by atoms with E-state index in [1.165, 1.54) is 25.7 Å². The number of Topliss-reactive ketones (excluding diaryl/α,β-unsaturated/α-hetero) is 1. The lowest BCUT2D eigenvalue weighted by atomic mass is 9.70. The Balaban J connectivity index is 4.47. The van der Waals surface area contributed by atoms with Crippen molar-refractivity contribution in [1.29, 1.82) is 0 Å². The van der Waals surface area contributed by atoms with Gasteiger partial charge in [-0.15, -0.1) is 12.3 Å². The number of ketones is 1. The second-order valence-electron chi connectivity index (χ2n) is 5.35. The van der Waals surface area contributed by atoms with E-state index in [1.807, 2.05) is 0 Å². The molecule has 2 N–H and O–H groups in total. The summed E-state index contributed by atoms with van der Waals surface area (Å²) >= 11 is 0. The summed E-state index contributed by atoms with van der Waals surface area (Å²) < 4.78 is 0. The zero-order valence-electron chi connectivity index (χ0n) is 12.3. The SMILES string of the molecule is C#CC[C@](CC)(CCCCCCC)C(N)C(C)=O. The van der Waals surface area contributed by atoms with Gasteiger partial charge in [-0.05, 0) is 19.8 Å². The van der Waals surface area contributed by atoms with Crippen LogP contribution in [-0.2, 0) is 4.79 Å². The summed E-state index contributed by atoms with van der Waals surface area (Å²) in [4.78, 5) is 11.6. The molecule has 0 aromatic carbocycles. The molecule has 0 bridgehead atoms. The quantitative estimate of drug-likeness (QED) is 0.475. The number of nitrogens with two attached hydrogens (primary N) is 1. The molecule has 0 amide bonds. The highest BCUT2D eigenvalue weighted by Crippen LogP contribution is 2.36. The van der Waals surface area contributed by atoms with Gasteiger partial charge >= 0.3 is 0 Å². The number of rotatable bonds is 10. The number of hydrogen-bond acceptors (Lipinski definition) is 2. The summed E-state index contributed by atoms with van der Waals surface area (Å²) in [6.45, 7) is 5.87. The van der Waals surface area contributed by atoms with Crippen LogP contribution in [0.2, 0.25) is 0 Å². The minimum atomic E-state index is -0.412. The van der Waals surface area contributed by atoms with Crippen LogP contribution in [0.5, 0.6) is 0 Å². The van der Waals surface area contributed by atoms with Crippen molar-refractivity contribution in [3.8, 4) is 12.3 Å². The molecule has 0 aromatic rings. The van der Waals surface area contributed by atoms with Gasteiger partial charge in [0.25, 0.3) is 0 Å². The maximum Gasteiger partial charge on any atom is 0.147 e. The van der Waals surface area contributed by atoms with Crippen molar-refractivity contribution in [3.05, 3.63) is 0 Å². The first-order valence-electron chi connectivity index (χ1n) is 7.23. The molecule has 2 nitrogen and oxygen atoms in total. The van der Waals surface area contributed by atoms with Crippen molar-refractivity contribution < 1.29 is 4.79 Å². The first-order chi connectivity index (χ1) is 8.54. The van der Waals surface area contributed by atoms with Crippen molar-refractivity contribution in [2.45, 2.75) is 78.2 Å². The lowest BCUT2D eigenvalue weighted by Crippen LogP contribution is -2.46. The summed E-state index contributed by atoms with van der Waals surface area (Å²) in [5.74, 6) is 2.77. The molecule has 0 rings (SSSR count). The van der Waals surface area contributed by atoms with E-state index in [2.05, 4.69) is 19.8 Å². The average Bonchev–Trinajstić information content (AvgIpc) is 2.36. The number of unbranched alkanes of at least 4 members (excludes halogenated alkanes) is 4. The van der Waals surface area contributed by atoms with E-state index in [9.17, 15) is 4.79 Å². The van der Waals surface area contributed by atoms with Crippen molar-refractivity contribution in [1.82, 2.24) is 0 Å². The van der Waals surface area contributed by atoms with Gasteiger partial charge < -0.3 is 5.73 Å². The molecule has 1 unspecified atom stereocenters. The Labute approximate surface area is 113 Å². The van der Waals surface area contributed by atoms with Gasteiger partial charge in [-0.3, -0.25) is 4.79 Å². The molecule has 0 aliphatic rings. The Kier molecular flexibility index (Phi) is 8.75. The first kappa shape index (κ1) is 17.2. The number of hydrogen-bond donors (Lipinski definition) is 1. The van der Waals surface area contributed by atoms with E-state index in [4.69, 9.17) is 12.2 Å². The summed E-state index contributed by atoms with van der Waals surface area (Å²) in [5.41, 5.74) is 5.90. The second-order valence-corrected chi connectivity index (χ2v) is 5.35. The minimum absolute atomic E-state index is 0.0562. The average molecular weight is 251 g/mol. The third kappa shape index (κ3) is 5.23. The molecule has 0 radical (unpaired) electrons. The predicted octanol–water partition coefficient (Wildman–Crippen LogP) is 3.68. The largest absolute Gasteiger partial charge is 0.321 e. The van der Waals surface area contributed by atoms with Crippen LogP contribution in [0.25, 0.3) is 0 Å². The Morgan fingerprint density at radius 1 is 1.28 bits per heavy atom. The van der Waals surface area contributed by atoms with Gasteiger partial charge in [-0.1, -0.05) is 46.0 Å². The maximum atomic E-state index is 11.6. The van der Waals surface area contributed by atoms with Gasteiger partial charge in [0.2, 0.25) is 0 Å². The van der Waals surface area contributed by atoms with Crippen LogP contribution in [0, 0.1) is 17.8 Å². The summed E-state index contributed by atoms with van der Waals surface area (Å²) in [6.07, 6.45) is 14.1. The molecule has 0 fully saturated rings. The molecule has 0 saturated heterocycles. The zero-order chi connectivity index (χ0) is 14.0. The third-order valence-corrected chi connectivity index (χ3v) is 4.03. The van der Waals surface area contributed by atoms with Gasteiger partial charge in [-0.25, -0.2) is 0 Å². The van der Waals surface area contributed by atoms with E-state index >= 15 is 0 Å². The van der Waals surface area contributed by atoms with E-state index in [0.29, 0.717) is 6.42 Å². The Morgan fingerprint density at radius 3 is 2.33 bits per heavy atom. The van der Waals surface area contributed by atoms with Crippen molar-refractivity contribution in [2.24, 2.45) is 11.1 Å². The van der Waals surface area contributed by atoms with Gasteiger partial charge in [0.1, 0.15) is 5.78 Å². The maximum absolute atomic E-state index is 11.6. The van der Waals surface area contributed by atoms with Gasteiger partial charge in [-0.2, -0.15) is 0 Å². The fraction of sp³-hybridized carbons (Fsp3) is 0.812. The lowest BCUT2D eigenvalue weighted by Gasteiger charge is -2.35. The zero-order valence-corrected chi connectivity index (χ0v) is 12.3. The van der Waals surface area contributed by atoms with Gasteiger partial charge in [0.05, 0.1) is 6.04 Å². The molecule has 0 aromatic heterocycles. The number of carbonyl (C=O) groups excluding carboxylic acids is 1. The van der Waals surface area contributed by atoms with Crippen LogP contribution in [0.15, 0.2) is 0 Å². The molecule has 104 valence electrons.